The molecule has 0 aliphatic rings. The molecule has 0 atom stereocenters. The van der Waals surface area contributed by atoms with E-state index in [1.807, 2.05) is 22.7 Å². The highest BCUT2D eigenvalue weighted by Crippen LogP contribution is 2.45. The van der Waals surface area contributed by atoms with E-state index in [1.165, 1.54) is 94.9 Å². The van der Waals surface area contributed by atoms with Crippen molar-refractivity contribution in [2.24, 2.45) is 0 Å². The Morgan fingerprint density at radius 3 is 1.50 bits per heavy atom. The first-order valence-corrected chi connectivity index (χ1v) is 16.6. The van der Waals surface area contributed by atoms with Gasteiger partial charge < -0.3 is 0 Å². The highest BCUT2D eigenvalue weighted by molar-refractivity contribution is 7.28. The minimum Gasteiger partial charge on any atom is -0.135 e. The van der Waals surface area contributed by atoms with Crippen LogP contribution in [0.1, 0.15) is 0 Å². The smallest absolute Gasteiger partial charge is 0.0434 e. The summed E-state index contributed by atoms with van der Waals surface area (Å²) in [4.78, 5) is 0. The monoisotopic (exact) mass is 592 g/mol. The van der Waals surface area contributed by atoms with Crippen molar-refractivity contribution in [1.82, 2.24) is 0 Å². The molecule has 2 heterocycles. The fourth-order valence-corrected chi connectivity index (χ4v) is 9.68. The fraction of sp³-hybridized carbons (Fsp3) is 0. The van der Waals surface area contributed by atoms with E-state index in [1.54, 1.807) is 0 Å². The molecule has 10 rings (SSSR count). The fourth-order valence-electron chi connectivity index (χ4n) is 7.18. The number of benzene rings is 8. The lowest BCUT2D eigenvalue weighted by molar-refractivity contribution is 1.64. The first kappa shape index (κ1) is 24.4. The molecule has 0 fully saturated rings. The number of hydrogen-bond donors (Lipinski definition) is 0. The summed E-state index contributed by atoms with van der Waals surface area (Å²) in [5, 5.41) is 13.3. The molecule has 44 heavy (non-hydrogen) atoms. The van der Waals surface area contributed by atoms with Gasteiger partial charge in [0.2, 0.25) is 0 Å². The third-order valence-corrected chi connectivity index (χ3v) is 11.7. The van der Waals surface area contributed by atoms with Gasteiger partial charge in [0.15, 0.2) is 0 Å². The highest BCUT2D eigenvalue weighted by atomic mass is 32.1. The van der Waals surface area contributed by atoms with E-state index in [9.17, 15) is 0 Å². The Bertz CT molecular complexity index is 2720. The summed E-state index contributed by atoms with van der Waals surface area (Å²) in [6.07, 6.45) is 0. The SMILES string of the molecule is c1cc(-c2ccc3c(c2)sc2c3ccc3c2ccc2c4ccccc4sc23)cc(-c2c3ccccc3cc3ccccc23)c1. The average Bonchev–Trinajstić information content (AvgIpc) is 3.65. The molecule has 0 saturated carbocycles. The molecule has 0 unspecified atom stereocenters. The van der Waals surface area contributed by atoms with Gasteiger partial charge in [-0.1, -0.05) is 121 Å². The second-order valence-electron chi connectivity index (χ2n) is 11.7. The van der Waals surface area contributed by atoms with Crippen LogP contribution >= 0.6 is 22.7 Å². The van der Waals surface area contributed by atoms with Crippen molar-refractivity contribution in [1.29, 1.82) is 0 Å². The maximum Gasteiger partial charge on any atom is 0.0434 e. The number of rotatable bonds is 2. The summed E-state index contributed by atoms with van der Waals surface area (Å²) in [6, 6.07) is 54.0. The van der Waals surface area contributed by atoms with Crippen LogP contribution in [0.25, 0.3) is 94.9 Å². The molecule has 2 aromatic heterocycles. The maximum absolute atomic E-state index is 2.39. The largest absolute Gasteiger partial charge is 0.135 e. The average molecular weight is 593 g/mol. The molecule has 0 bridgehead atoms. The molecule has 0 aliphatic heterocycles. The third kappa shape index (κ3) is 3.50. The van der Waals surface area contributed by atoms with Gasteiger partial charge in [0, 0.05) is 51.1 Å². The summed E-state index contributed by atoms with van der Waals surface area (Å²) in [5.74, 6) is 0. The maximum atomic E-state index is 2.39. The minimum atomic E-state index is 1.25. The molecule has 0 amide bonds. The first-order valence-electron chi connectivity index (χ1n) is 15.0. The number of hydrogen-bond acceptors (Lipinski definition) is 2. The molecule has 0 radical (unpaired) electrons. The normalized spacial score (nSPS) is 12.1. The van der Waals surface area contributed by atoms with Crippen LogP contribution in [-0.2, 0) is 0 Å². The van der Waals surface area contributed by atoms with Crippen LogP contribution in [0, 0.1) is 0 Å². The van der Waals surface area contributed by atoms with Crippen LogP contribution < -0.4 is 0 Å². The van der Waals surface area contributed by atoms with E-state index in [0.29, 0.717) is 0 Å². The zero-order chi connectivity index (χ0) is 28.8. The van der Waals surface area contributed by atoms with Gasteiger partial charge in [-0.25, -0.2) is 0 Å². The topological polar surface area (TPSA) is 0 Å². The molecule has 2 heteroatoms. The van der Waals surface area contributed by atoms with Crippen molar-refractivity contribution >= 4 is 95.3 Å². The Hall–Kier alpha value is -5.02. The molecule has 204 valence electrons. The Labute approximate surface area is 262 Å². The van der Waals surface area contributed by atoms with Crippen LogP contribution in [0.15, 0.2) is 146 Å². The van der Waals surface area contributed by atoms with Crippen LogP contribution in [-0.4, -0.2) is 0 Å². The van der Waals surface area contributed by atoms with Crippen LogP contribution in [0.3, 0.4) is 0 Å². The third-order valence-electron chi connectivity index (χ3n) is 9.23. The van der Waals surface area contributed by atoms with E-state index in [4.69, 9.17) is 0 Å². The zero-order valence-electron chi connectivity index (χ0n) is 23.7. The molecule has 8 aromatic carbocycles. The predicted molar refractivity (Wildman–Crippen MR) is 196 cm³/mol. The van der Waals surface area contributed by atoms with Gasteiger partial charge in [-0.2, -0.15) is 0 Å². The molecule has 0 spiro atoms. The summed E-state index contributed by atoms with van der Waals surface area (Å²) in [6.45, 7) is 0. The minimum absolute atomic E-state index is 1.25. The molecule has 10 aromatic rings. The Morgan fingerprint density at radius 1 is 0.295 bits per heavy atom. The van der Waals surface area contributed by atoms with Crippen molar-refractivity contribution in [2.75, 3.05) is 0 Å². The van der Waals surface area contributed by atoms with E-state index >= 15 is 0 Å². The van der Waals surface area contributed by atoms with Crippen molar-refractivity contribution in [2.45, 2.75) is 0 Å². The van der Waals surface area contributed by atoms with Gasteiger partial charge in [-0.05, 0) is 68.1 Å². The number of fused-ring (bicyclic) bond motifs is 11. The van der Waals surface area contributed by atoms with Gasteiger partial charge >= 0.3 is 0 Å². The highest BCUT2D eigenvalue weighted by Gasteiger charge is 2.15. The van der Waals surface area contributed by atoms with E-state index in [0.717, 1.165) is 0 Å². The lowest BCUT2D eigenvalue weighted by atomic mass is 9.90. The summed E-state index contributed by atoms with van der Waals surface area (Å²) in [7, 11) is 0. The van der Waals surface area contributed by atoms with Gasteiger partial charge in [0.1, 0.15) is 0 Å². The molecular formula is C42H24S2. The quantitative estimate of drug-likeness (QED) is 0.175. The van der Waals surface area contributed by atoms with E-state index in [2.05, 4.69) is 146 Å². The summed E-state index contributed by atoms with van der Waals surface area (Å²) >= 11 is 3.84. The Balaban J connectivity index is 1.15. The molecule has 0 nitrogen and oxygen atoms in total. The van der Waals surface area contributed by atoms with Gasteiger partial charge in [0.25, 0.3) is 0 Å². The molecular weight excluding hydrogens is 569 g/mol. The van der Waals surface area contributed by atoms with Crippen LogP contribution in [0.5, 0.6) is 0 Å². The van der Waals surface area contributed by atoms with Crippen LogP contribution in [0.4, 0.5) is 0 Å². The Morgan fingerprint density at radius 2 is 0.795 bits per heavy atom. The zero-order valence-corrected chi connectivity index (χ0v) is 25.3. The van der Waals surface area contributed by atoms with Crippen molar-refractivity contribution in [3.63, 3.8) is 0 Å². The van der Waals surface area contributed by atoms with Crippen molar-refractivity contribution < 1.29 is 0 Å². The lowest BCUT2D eigenvalue weighted by Crippen LogP contribution is -1.86. The van der Waals surface area contributed by atoms with Crippen molar-refractivity contribution in [3.8, 4) is 22.3 Å². The molecule has 0 saturated heterocycles. The lowest BCUT2D eigenvalue weighted by Gasteiger charge is -2.13. The number of thiophene rings is 2. The van der Waals surface area contributed by atoms with Gasteiger partial charge in [-0.3, -0.25) is 0 Å². The van der Waals surface area contributed by atoms with E-state index < -0.39 is 0 Å². The van der Waals surface area contributed by atoms with Gasteiger partial charge in [0.05, 0.1) is 0 Å². The predicted octanol–water partition coefficient (Wildman–Crippen LogP) is 13.2. The Kier molecular flexibility index (Phi) is 5.13. The summed E-state index contributed by atoms with van der Waals surface area (Å²) < 4.78 is 5.46. The van der Waals surface area contributed by atoms with Crippen molar-refractivity contribution in [3.05, 3.63) is 146 Å². The van der Waals surface area contributed by atoms with Crippen LogP contribution in [0.2, 0.25) is 0 Å². The van der Waals surface area contributed by atoms with Gasteiger partial charge in [-0.15, -0.1) is 22.7 Å². The molecule has 0 N–H and O–H groups in total. The summed E-state index contributed by atoms with van der Waals surface area (Å²) in [5.41, 5.74) is 5.06. The van der Waals surface area contributed by atoms with E-state index in [-0.39, 0.29) is 0 Å². The second-order valence-corrected chi connectivity index (χ2v) is 13.8. The first-order chi connectivity index (χ1) is 21.8. The second kappa shape index (κ2) is 9.24. The molecule has 0 aliphatic carbocycles. The standard InChI is InChI=1S/C42H24S2/c1-3-12-30-27(8-1)23-28-9-2-4-13-31(28)40(30)29-11-7-10-25(22-29)26-16-17-33-35-19-21-36-37(42(35)44-39(33)24-26)20-18-34-32-14-5-6-15-38(32)43-41(34)36/h1-24H.